The Morgan fingerprint density at radius 3 is 2.25 bits per heavy atom. The van der Waals surface area contributed by atoms with Gasteiger partial charge in [0, 0.05) is 24.3 Å². The van der Waals surface area contributed by atoms with Crippen LogP contribution in [0.2, 0.25) is 0 Å². The summed E-state index contributed by atoms with van der Waals surface area (Å²) in [6, 6.07) is 11.8. The zero-order valence-corrected chi connectivity index (χ0v) is 17.4. The minimum Gasteiger partial charge on any atom is -0.372 e. The number of hydrogen-bond acceptors (Lipinski definition) is 4. The fourth-order valence-corrected chi connectivity index (χ4v) is 4.80. The van der Waals surface area contributed by atoms with Crippen LogP contribution < -0.4 is 4.72 Å². The number of amides is 1. The van der Waals surface area contributed by atoms with E-state index in [1.54, 1.807) is 48.2 Å². The summed E-state index contributed by atoms with van der Waals surface area (Å²) < 4.78 is 33.7. The van der Waals surface area contributed by atoms with E-state index in [4.69, 9.17) is 4.74 Å². The molecular weight excluding hydrogens is 376 g/mol. The number of nitrogens with one attached hydrogen (secondary N) is 1. The summed E-state index contributed by atoms with van der Waals surface area (Å²) in [6.07, 6.45) is -0.00676. The lowest BCUT2D eigenvalue weighted by molar-refractivity contribution is -0.0586. The van der Waals surface area contributed by atoms with Gasteiger partial charge in [0.15, 0.2) is 0 Å². The van der Waals surface area contributed by atoms with Gasteiger partial charge in [-0.2, -0.15) is 0 Å². The van der Waals surface area contributed by atoms with Crippen molar-refractivity contribution in [3.63, 3.8) is 0 Å². The molecule has 28 heavy (non-hydrogen) atoms. The summed E-state index contributed by atoms with van der Waals surface area (Å²) in [4.78, 5) is 14.7. The van der Waals surface area contributed by atoms with E-state index in [1.807, 2.05) is 26.8 Å². The molecule has 1 aliphatic rings. The van der Waals surface area contributed by atoms with Crippen LogP contribution >= 0.6 is 0 Å². The van der Waals surface area contributed by atoms with Gasteiger partial charge in [-0.15, -0.1) is 0 Å². The second kappa shape index (κ2) is 7.93. The minimum absolute atomic E-state index is 0.00338. The molecule has 150 valence electrons. The fourth-order valence-electron chi connectivity index (χ4n) is 3.41. The number of ether oxygens (including phenoxy) is 1. The highest BCUT2D eigenvalue weighted by atomic mass is 32.2. The lowest BCUT2D eigenvalue weighted by Crippen LogP contribution is -2.48. The molecule has 6 nitrogen and oxygen atoms in total. The van der Waals surface area contributed by atoms with Crippen molar-refractivity contribution in [1.29, 1.82) is 0 Å². The predicted octanol–water partition coefficient (Wildman–Crippen LogP) is 3.35. The maximum atomic E-state index is 12.7. The number of aryl methyl sites for hydroxylation is 2. The third-order valence-corrected chi connectivity index (χ3v) is 6.25. The average molecular weight is 403 g/mol. The van der Waals surface area contributed by atoms with Gasteiger partial charge in [0.25, 0.3) is 15.9 Å². The molecule has 0 spiro atoms. The van der Waals surface area contributed by atoms with E-state index in [1.165, 1.54) is 0 Å². The summed E-state index contributed by atoms with van der Waals surface area (Å²) in [5.74, 6) is -0.0778. The minimum atomic E-state index is -3.70. The molecule has 0 saturated carbocycles. The van der Waals surface area contributed by atoms with Crippen LogP contribution in [-0.4, -0.2) is 44.5 Å². The summed E-state index contributed by atoms with van der Waals surface area (Å²) >= 11 is 0. The van der Waals surface area contributed by atoms with E-state index in [-0.39, 0.29) is 23.0 Å². The lowest BCUT2D eigenvalue weighted by Gasteiger charge is -2.35. The molecule has 3 rings (SSSR count). The zero-order chi connectivity index (χ0) is 20.5. The SMILES string of the molecule is Cc1ccc(C)c(S(=O)(=O)Nc2ccc(C(=O)N3C[C@H](C)O[C@@H](C)C3)cc2)c1. The van der Waals surface area contributed by atoms with Crippen molar-refractivity contribution in [3.8, 4) is 0 Å². The first-order valence-electron chi connectivity index (χ1n) is 9.30. The molecule has 1 N–H and O–H groups in total. The van der Waals surface area contributed by atoms with Gasteiger partial charge in [-0.05, 0) is 69.2 Å². The number of carbonyl (C=O) groups excluding carboxylic acids is 1. The van der Waals surface area contributed by atoms with E-state index >= 15 is 0 Å². The summed E-state index contributed by atoms with van der Waals surface area (Å²) in [5, 5.41) is 0. The summed E-state index contributed by atoms with van der Waals surface area (Å²) in [6.45, 7) is 8.60. The van der Waals surface area contributed by atoms with Crippen LogP contribution in [0.15, 0.2) is 47.4 Å². The van der Waals surface area contributed by atoms with Crippen molar-refractivity contribution in [3.05, 3.63) is 59.2 Å². The number of carbonyl (C=O) groups is 1. The van der Waals surface area contributed by atoms with Gasteiger partial charge in [-0.25, -0.2) is 8.42 Å². The lowest BCUT2D eigenvalue weighted by atomic mass is 10.1. The molecule has 0 aliphatic carbocycles. The van der Waals surface area contributed by atoms with Crippen molar-refractivity contribution in [2.75, 3.05) is 17.8 Å². The third-order valence-electron chi connectivity index (χ3n) is 4.72. The van der Waals surface area contributed by atoms with Crippen molar-refractivity contribution < 1.29 is 17.9 Å². The Kier molecular flexibility index (Phi) is 5.76. The quantitative estimate of drug-likeness (QED) is 0.851. The highest BCUT2D eigenvalue weighted by Crippen LogP contribution is 2.22. The smallest absolute Gasteiger partial charge is 0.262 e. The maximum absolute atomic E-state index is 12.7. The Hall–Kier alpha value is -2.38. The molecule has 0 bridgehead atoms. The first-order chi connectivity index (χ1) is 13.2. The second-order valence-corrected chi connectivity index (χ2v) is 9.07. The van der Waals surface area contributed by atoms with E-state index in [0.29, 0.717) is 29.9 Å². The van der Waals surface area contributed by atoms with Crippen LogP contribution in [0.25, 0.3) is 0 Å². The van der Waals surface area contributed by atoms with Crippen LogP contribution in [0, 0.1) is 13.8 Å². The molecule has 1 heterocycles. The highest BCUT2D eigenvalue weighted by molar-refractivity contribution is 7.92. The van der Waals surface area contributed by atoms with Gasteiger partial charge >= 0.3 is 0 Å². The first kappa shape index (κ1) is 20.4. The number of hydrogen-bond donors (Lipinski definition) is 1. The number of sulfonamides is 1. The van der Waals surface area contributed by atoms with Crippen LogP contribution in [0.4, 0.5) is 5.69 Å². The molecule has 7 heteroatoms. The van der Waals surface area contributed by atoms with Crippen LogP contribution in [0.5, 0.6) is 0 Å². The van der Waals surface area contributed by atoms with Crippen molar-refractivity contribution >= 4 is 21.6 Å². The Balaban J connectivity index is 1.75. The average Bonchev–Trinajstić information content (AvgIpc) is 2.62. The van der Waals surface area contributed by atoms with E-state index in [0.717, 1.165) is 5.56 Å². The third kappa shape index (κ3) is 4.54. The molecule has 0 unspecified atom stereocenters. The molecule has 1 fully saturated rings. The first-order valence-corrected chi connectivity index (χ1v) is 10.8. The molecule has 1 aliphatic heterocycles. The van der Waals surface area contributed by atoms with Gasteiger partial charge in [0.1, 0.15) is 0 Å². The van der Waals surface area contributed by atoms with Crippen molar-refractivity contribution in [2.24, 2.45) is 0 Å². The van der Waals surface area contributed by atoms with E-state index < -0.39 is 10.0 Å². The van der Waals surface area contributed by atoms with Crippen LogP contribution in [-0.2, 0) is 14.8 Å². The largest absolute Gasteiger partial charge is 0.372 e. The topological polar surface area (TPSA) is 75.7 Å². The van der Waals surface area contributed by atoms with Crippen LogP contribution in [0.3, 0.4) is 0 Å². The Labute approximate surface area is 166 Å². The molecule has 0 aromatic heterocycles. The van der Waals surface area contributed by atoms with E-state index in [2.05, 4.69) is 4.72 Å². The maximum Gasteiger partial charge on any atom is 0.262 e. The van der Waals surface area contributed by atoms with Crippen molar-refractivity contribution in [2.45, 2.75) is 44.8 Å². The highest BCUT2D eigenvalue weighted by Gasteiger charge is 2.26. The number of rotatable bonds is 4. The number of anilines is 1. The standard InChI is InChI=1S/C21H26N2O4S/c1-14-5-6-15(2)20(11-14)28(25,26)22-19-9-7-18(8-10-19)21(24)23-12-16(3)27-17(4)13-23/h5-11,16-17,22H,12-13H2,1-4H3/t16-,17-/m0/s1. The summed E-state index contributed by atoms with van der Waals surface area (Å²) in [5.41, 5.74) is 2.50. The molecule has 2 aromatic carbocycles. The van der Waals surface area contributed by atoms with Crippen molar-refractivity contribution in [1.82, 2.24) is 4.90 Å². The fraction of sp³-hybridized carbons (Fsp3) is 0.381. The molecular formula is C21H26N2O4S. The van der Waals surface area contributed by atoms with Gasteiger partial charge in [-0.1, -0.05) is 12.1 Å². The Morgan fingerprint density at radius 2 is 1.64 bits per heavy atom. The number of benzene rings is 2. The molecule has 0 radical (unpaired) electrons. The molecule has 1 saturated heterocycles. The summed E-state index contributed by atoms with van der Waals surface area (Å²) in [7, 11) is -3.70. The molecule has 1 amide bonds. The van der Waals surface area contributed by atoms with Crippen LogP contribution in [0.1, 0.15) is 35.3 Å². The zero-order valence-electron chi connectivity index (χ0n) is 16.6. The normalized spacial score (nSPS) is 20.1. The molecule has 2 aromatic rings. The van der Waals surface area contributed by atoms with Gasteiger partial charge in [0.2, 0.25) is 0 Å². The number of morpholine rings is 1. The van der Waals surface area contributed by atoms with E-state index in [9.17, 15) is 13.2 Å². The number of nitrogens with zero attached hydrogens (tertiary/aromatic N) is 1. The van der Waals surface area contributed by atoms with Gasteiger partial charge in [-0.3, -0.25) is 9.52 Å². The Morgan fingerprint density at radius 1 is 1.04 bits per heavy atom. The Bertz CT molecular complexity index is 960. The second-order valence-electron chi connectivity index (χ2n) is 7.42. The van der Waals surface area contributed by atoms with Gasteiger partial charge < -0.3 is 9.64 Å². The predicted molar refractivity (Wildman–Crippen MR) is 109 cm³/mol. The monoisotopic (exact) mass is 402 g/mol. The molecule has 2 atom stereocenters. The van der Waals surface area contributed by atoms with Gasteiger partial charge in [0.05, 0.1) is 17.1 Å².